The lowest BCUT2D eigenvalue weighted by molar-refractivity contribution is 0.152. The van der Waals surface area contributed by atoms with Crippen molar-refractivity contribution in [3.63, 3.8) is 0 Å². The molecule has 3 aromatic heterocycles. The number of fused-ring (bicyclic) bond motifs is 1. The van der Waals surface area contributed by atoms with Crippen LogP contribution in [0.25, 0.3) is 0 Å². The molecule has 0 spiro atoms. The molecule has 0 amide bonds. The molecule has 1 aliphatic heterocycles. The topological polar surface area (TPSA) is 69.2 Å². The van der Waals surface area contributed by atoms with Crippen molar-refractivity contribution in [1.82, 2.24) is 24.6 Å². The summed E-state index contributed by atoms with van der Waals surface area (Å²) >= 11 is 0. The summed E-state index contributed by atoms with van der Waals surface area (Å²) in [6, 6.07) is 6.06. The van der Waals surface area contributed by atoms with E-state index >= 15 is 0 Å². The van der Waals surface area contributed by atoms with Gasteiger partial charge in [0.05, 0.1) is 24.8 Å². The molecule has 0 fully saturated rings. The van der Waals surface area contributed by atoms with Crippen molar-refractivity contribution in [3.8, 4) is 5.75 Å². The maximum absolute atomic E-state index is 5.81. The molecule has 25 heavy (non-hydrogen) atoms. The van der Waals surface area contributed by atoms with E-state index in [1.165, 1.54) is 5.56 Å². The maximum atomic E-state index is 5.81. The van der Waals surface area contributed by atoms with Crippen molar-refractivity contribution < 1.29 is 9.15 Å². The molecule has 0 saturated carbocycles. The number of nitrogens with zero attached hydrogens (tertiary/aromatic N) is 5. The monoisotopic (exact) mass is 339 g/mol. The van der Waals surface area contributed by atoms with Gasteiger partial charge in [0.2, 0.25) is 0 Å². The van der Waals surface area contributed by atoms with E-state index in [1.54, 1.807) is 18.7 Å². The smallest absolute Gasteiger partial charge is 0.171 e. The Labute approximate surface area is 146 Å². The molecular weight excluding hydrogens is 318 g/mol. The zero-order valence-electron chi connectivity index (χ0n) is 14.4. The second-order valence-corrected chi connectivity index (χ2v) is 6.33. The number of aromatic nitrogens is 4. The van der Waals surface area contributed by atoms with E-state index in [4.69, 9.17) is 9.15 Å². The third kappa shape index (κ3) is 3.28. The normalized spacial score (nSPS) is 17.4. The van der Waals surface area contributed by atoms with E-state index in [0.29, 0.717) is 6.61 Å². The average Bonchev–Trinajstić information content (AvgIpc) is 3.27. The molecule has 3 aromatic rings. The first-order valence-corrected chi connectivity index (χ1v) is 8.43. The molecule has 130 valence electrons. The van der Waals surface area contributed by atoms with Gasteiger partial charge in [0.15, 0.2) is 5.82 Å². The third-order valence-corrected chi connectivity index (χ3v) is 4.61. The highest BCUT2D eigenvalue weighted by molar-refractivity contribution is 5.19. The Morgan fingerprint density at radius 2 is 2.16 bits per heavy atom. The van der Waals surface area contributed by atoms with Crippen molar-refractivity contribution in [2.24, 2.45) is 0 Å². The predicted molar refractivity (Wildman–Crippen MR) is 90.9 cm³/mol. The van der Waals surface area contributed by atoms with Gasteiger partial charge >= 0.3 is 0 Å². The fourth-order valence-electron chi connectivity index (χ4n) is 3.11. The zero-order chi connectivity index (χ0) is 17.2. The second kappa shape index (κ2) is 6.68. The molecule has 0 aliphatic carbocycles. The number of rotatable bonds is 5. The molecule has 4 heterocycles. The fourth-order valence-corrected chi connectivity index (χ4v) is 3.11. The highest BCUT2D eigenvalue weighted by Gasteiger charge is 2.28. The Morgan fingerprint density at radius 1 is 1.24 bits per heavy atom. The minimum atomic E-state index is 0.200. The number of hydrogen-bond donors (Lipinski definition) is 0. The van der Waals surface area contributed by atoms with Gasteiger partial charge in [-0.05, 0) is 32.0 Å². The van der Waals surface area contributed by atoms with E-state index in [2.05, 4.69) is 31.6 Å². The maximum Gasteiger partial charge on any atom is 0.171 e. The molecule has 1 aliphatic rings. The van der Waals surface area contributed by atoms with Gasteiger partial charge in [-0.15, -0.1) is 10.2 Å². The van der Waals surface area contributed by atoms with Crippen LogP contribution in [0, 0.1) is 6.92 Å². The number of furan rings is 1. The van der Waals surface area contributed by atoms with E-state index < -0.39 is 0 Å². The molecule has 0 radical (unpaired) electrons. The summed E-state index contributed by atoms with van der Waals surface area (Å²) in [5, 5.41) is 8.73. The van der Waals surface area contributed by atoms with Crippen LogP contribution in [0.3, 0.4) is 0 Å². The Bertz CT molecular complexity index is 826. The van der Waals surface area contributed by atoms with E-state index in [1.807, 2.05) is 25.1 Å². The van der Waals surface area contributed by atoms with Gasteiger partial charge in [0.25, 0.3) is 0 Å². The van der Waals surface area contributed by atoms with Crippen molar-refractivity contribution in [1.29, 1.82) is 0 Å². The minimum absolute atomic E-state index is 0.200. The highest BCUT2D eigenvalue weighted by Crippen LogP contribution is 2.26. The van der Waals surface area contributed by atoms with Gasteiger partial charge in [0.1, 0.15) is 18.2 Å². The molecule has 1 atom stereocenters. The Balaban J connectivity index is 1.44. The summed E-state index contributed by atoms with van der Waals surface area (Å²) < 4.78 is 13.1. The van der Waals surface area contributed by atoms with Gasteiger partial charge < -0.3 is 13.7 Å². The first-order chi connectivity index (χ1) is 12.2. The van der Waals surface area contributed by atoms with Gasteiger partial charge in [-0.2, -0.15) is 0 Å². The van der Waals surface area contributed by atoms with Crippen LogP contribution in [0.15, 0.2) is 41.3 Å². The summed E-state index contributed by atoms with van der Waals surface area (Å²) in [6.07, 6.45) is 5.24. The lowest BCUT2D eigenvalue weighted by atomic mass is 10.2. The van der Waals surface area contributed by atoms with Crippen molar-refractivity contribution in [2.75, 3.05) is 6.54 Å². The van der Waals surface area contributed by atoms with Crippen LogP contribution < -0.4 is 4.74 Å². The van der Waals surface area contributed by atoms with Crippen LogP contribution in [0.1, 0.15) is 35.9 Å². The summed E-state index contributed by atoms with van der Waals surface area (Å²) in [6.45, 7) is 7.16. The number of aryl methyl sites for hydroxylation is 1. The molecule has 4 rings (SSSR count). The van der Waals surface area contributed by atoms with Crippen LogP contribution in [0.4, 0.5) is 0 Å². The molecule has 0 N–H and O–H groups in total. The van der Waals surface area contributed by atoms with Crippen LogP contribution in [-0.4, -0.2) is 31.2 Å². The van der Waals surface area contributed by atoms with Crippen molar-refractivity contribution in [3.05, 3.63) is 59.8 Å². The Morgan fingerprint density at radius 3 is 2.92 bits per heavy atom. The first kappa shape index (κ1) is 15.8. The van der Waals surface area contributed by atoms with E-state index in [0.717, 1.165) is 42.7 Å². The van der Waals surface area contributed by atoms with Gasteiger partial charge in [-0.25, -0.2) is 0 Å². The number of pyridine rings is 1. The minimum Gasteiger partial charge on any atom is -0.484 e. The van der Waals surface area contributed by atoms with Crippen molar-refractivity contribution in [2.45, 2.75) is 39.6 Å². The van der Waals surface area contributed by atoms with Crippen LogP contribution in [0.5, 0.6) is 5.75 Å². The Kier molecular flexibility index (Phi) is 4.23. The molecule has 0 unspecified atom stereocenters. The van der Waals surface area contributed by atoms with Gasteiger partial charge in [0, 0.05) is 30.9 Å². The summed E-state index contributed by atoms with van der Waals surface area (Å²) in [5.41, 5.74) is 2.15. The lowest BCUT2D eigenvalue weighted by Gasteiger charge is -2.33. The highest BCUT2D eigenvalue weighted by atomic mass is 16.5. The Hall–Kier alpha value is -2.67. The first-order valence-electron chi connectivity index (χ1n) is 8.43. The quantitative estimate of drug-likeness (QED) is 0.712. The lowest BCUT2D eigenvalue weighted by Crippen LogP contribution is -2.37. The number of ether oxygens (including phenoxy) is 1. The molecule has 0 aromatic carbocycles. The summed E-state index contributed by atoms with van der Waals surface area (Å²) in [5.74, 6) is 2.58. The summed E-state index contributed by atoms with van der Waals surface area (Å²) in [7, 11) is 0. The predicted octanol–water partition coefficient (Wildman–Crippen LogP) is 2.73. The van der Waals surface area contributed by atoms with E-state index in [-0.39, 0.29) is 6.04 Å². The molecule has 7 heteroatoms. The number of hydrogen-bond acceptors (Lipinski definition) is 6. The molecule has 7 nitrogen and oxygen atoms in total. The van der Waals surface area contributed by atoms with Gasteiger partial charge in [-0.3, -0.25) is 9.88 Å². The SMILES string of the molecule is Cc1ccc(OCc2nnc3n2CCN(Cc2ccoc2)[C@@H]3C)cn1. The largest absolute Gasteiger partial charge is 0.484 e. The van der Waals surface area contributed by atoms with Crippen molar-refractivity contribution >= 4 is 0 Å². The molecule has 0 saturated heterocycles. The standard InChI is InChI=1S/C18H21N5O2/c1-13-3-4-16(9-19-13)25-12-17-20-21-18-14(2)22(6-7-23(17)18)10-15-5-8-24-11-15/h3-5,8-9,11,14H,6-7,10,12H2,1-2H3/t14-/m1/s1. The van der Waals surface area contributed by atoms with Gasteiger partial charge in [-0.1, -0.05) is 0 Å². The second-order valence-electron chi connectivity index (χ2n) is 6.33. The van der Waals surface area contributed by atoms with E-state index in [9.17, 15) is 0 Å². The fraction of sp³-hybridized carbons (Fsp3) is 0.389. The van der Waals surface area contributed by atoms with Crippen LogP contribution in [-0.2, 0) is 19.7 Å². The van der Waals surface area contributed by atoms with Crippen LogP contribution >= 0.6 is 0 Å². The summed E-state index contributed by atoms with van der Waals surface area (Å²) in [4.78, 5) is 6.62. The molecular formula is C18H21N5O2. The third-order valence-electron chi connectivity index (χ3n) is 4.61. The average molecular weight is 339 g/mol. The van der Waals surface area contributed by atoms with Crippen LogP contribution in [0.2, 0.25) is 0 Å². The zero-order valence-corrected chi connectivity index (χ0v) is 14.4. The molecule has 0 bridgehead atoms.